The molecule has 2 rings (SSSR count). The summed E-state index contributed by atoms with van der Waals surface area (Å²) >= 11 is 5.58. The molecule has 0 fully saturated rings. The number of methoxy groups -OCH3 is 1. The maximum absolute atomic E-state index is 5.58. The molecule has 1 aliphatic heterocycles. The number of benzene rings is 1. The largest absolute Gasteiger partial charge is 0.493 e. The highest BCUT2D eigenvalue weighted by molar-refractivity contribution is 6.28. The first-order valence-electron chi connectivity index (χ1n) is 3.61. The summed E-state index contributed by atoms with van der Waals surface area (Å²) in [6, 6.07) is 5.30. The van der Waals surface area contributed by atoms with Gasteiger partial charge >= 0.3 is 0 Å². The van der Waals surface area contributed by atoms with Crippen molar-refractivity contribution in [2.24, 2.45) is 0 Å². The van der Waals surface area contributed by atoms with Crippen LogP contribution < -0.4 is 14.2 Å². The summed E-state index contributed by atoms with van der Waals surface area (Å²) in [5.74, 6) is 1.61. The Morgan fingerprint density at radius 1 is 1.46 bits per heavy atom. The summed E-state index contributed by atoms with van der Waals surface area (Å²) in [6.45, 7) is 0. The fourth-order valence-corrected chi connectivity index (χ4v) is 1.16. The lowest BCUT2D eigenvalue weighted by Gasteiger charge is -2.15. The SMILES string of the molecule is COc1cccc2c1OC(Cl)=[C]O2. The molecule has 0 unspecified atom stereocenters. The minimum Gasteiger partial charge on any atom is -0.493 e. The van der Waals surface area contributed by atoms with Crippen LogP contribution in [-0.4, -0.2) is 7.11 Å². The molecule has 1 heterocycles. The van der Waals surface area contributed by atoms with Crippen LogP contribution in [0.2, 0.25) is 0 Å². The van der Waals surface area contributed by atoms with Gasteiger partial charge in [0.25, 0.3) is 0 Å². The fraction of sp³-hybridized carbons (Fsp3) is 0.111. The molecule has 0 spiro atoms. The fourth-order valence-electron chi connectivity index (χ4n) is 1.04. The van der Waals surface area contributed by atoms with Crippen molar-refractivity contribution in [3.63, 3.8) is 0 Å². The van der Waals surface area contributed by atoms with Crippen molar-refractivity contribution in [1.29, 1.82) is 0 Å². The van der Waals surface area contributed by atoms with E-state index in [9.17, 15) is 0 Å². The van der Waals surface area contributed by atoms with Crippen molar-refractivity contribution in [1.82, 2.24) is 0 Å². The Balaban J connectivity index is 2.46. The Labute approximate surface area is 80.5 Å². The van der Waals surface area contributed by atoms with E-state index in [1.807, 2.05) is 0 Å². The molecular weight excluding hydrogens is 192 g/mol. The Hall–Kier alpha value is -1.35. The van der Waals surface area contributed by atoms with E-state index in [2.05, 4.69) is 6.26 Å². The molecule has 4 heteroatoms. The monoisotopic (exact) mass is 197 g/mol. The number of ether oxygens (including phenoxy) is 3. The lowest BCUT2D eigenvalue weighted by atomic mass is 10.3. The average molecular weight is 198 g/mol. The van der Waals surface area contributed by atoms with Gasteiger partial charge in [-0.3, -0.25) is 0 Å². The van der Waals surface area contributed by atoms with Crippen molar-refractivity contribution in [2.75, 3.05) is 7.11 Å². The molecule has 67 valence electrons. The highest BCUT2D eigenvalue weighted by Crippen LogP contribution is 2.40. The second kappa shape index (κ2) is 3.18. The second-order valence-corrected chi connectivity index (χ2v) is 2.71. The van der Waals surface area contributed by atoms with E-state index < -0.39 is 0 Å². The number of rotatable bonds is 1. The first-order chi connectivity index (χ1) is 6.31. The van der Waals surface area contributed by atoms with Crippen molar-refractivity contribution in [3.05, 3.63) is 29.7 Å². The van der Waals surface area contributed by atoms with E-state index in [0.29, 0.717) is 17.2 Å². The van der Waals surface area contributed by atoms with Crippen LogP contribution in [0.5, 0.6) is 17.2 Å². The highest BCUT2D eigenvalue weighted by atomic mass is 35.5. The molecule has 1 aliphatic rings. The molecular formula is C9H6ClO3. The molecule has 1 radical (unpaired) electrons. The van der Waals surface area contributed by atoms with Gasteiger partial charge in [-0.1, -0.05) is 6.07 Å². The average Bonchev–Trinajstić information content (AvgIpc) is 2.17. The van der Waals surface area contributed by atoms with E-state index in [0.717, 1.165) is 0 Å². The van der Waals surface area contributed by atoms with Gasteiger partial charge in [-0.15, -0.1) is 0 Å². The van der Waals surface area contributed by atoms with Crippen LogP contribution in [0.15, 0.2) is 23.4 Å². The van der Waals surface area contributed by atoms with Crippen LogP contribution in [0, 0.1) is 6.26 Å². The Bertz CT molecular complexity index is 360. The third-order valence-electron chi connectivity index (χ3n) is 1.60. The number of halogens is 1. The summed E-state index contributed by atoms with van der Waals surface area (Å²) in [5.41, 5.74) is 0. The minimum atomic E-state index is 0.0667. The molecule has 3 nitrogen and oxygen atoms in total. The molecule has 0 aliphatic carbocycles. The van der Waals surface area contributed by atoms with Crippen molar-refractivity contribution < 1.29 is 14.2 Å². The minimum absolute atomic E-state index is 0.0667. The third kappa shape index (κ3) is 1.42. The van der Waals surface area contributed by atoms with Gasteiger partial charge in [0.05, 0.1) is 7.11 Å². The number of para-hydroxylation sites is 1. The van der Waals surface area contributed by atoms with Gasteiger partial charge in [0.1, 0.15) is 0 Å². The van der Waals surface area contributed by atoms with Gasteiger partial charge in [-0.2, -0.15) is 0 Å². The van der Waals surface area contributed by atoms with Crippen molar-refractivity contribution in [3.8, 4) is 17.2 Å². The van der Waals surface area contributed by atoms with Gasteiger partial charge in [0.2, 0.25) is 17.2 Å². The predicted molar refractivity (Wildman–Crippen MR) is 46.9 cm³/mol. The van der Waals surface area contributed by atoms with Crippen LogP contribution in [0.3, 0.4) is 0 Å². The van der Waals surface area contributed by atoms with Crippen LogP contribution in [0.25, 0.3) is 0 Å². The number of fused-ring (bicyclic) bond motifs is 1. The quantitative estimate of drug-likeness (QED) is 0.692. The molecule has 13 heavy (non-hydrogen) atoms. The Morgan fingerprint density at radius 2 is 2.31 bits per heavy atom. The smallest absolute Gasteiger partial charge is 0.241 e. The number of hydrogen-bond donors (Lipinski definition) is 0. The summed E-state index contributed by atoms with van der Waals surface area (Å²) in [6.07, 6.45) is 2.39. The molecule has 1 aromatic carbocycles. The van der Waals surface area contributed by atoms with Gasteiger partial charge in [-0.25, -0.2) is 0 Å². The van der Waals surface area contributed by atoms with E-state index >= 15 is 0 Å². The van der Waals surface area contributed by atoms with Gasteiger partial charge in [0, 0.05) is 0 Å². The molecule has 0 saturated heterocycles. The normalized spacial score (nSPS) is 13.5. The zero-order valence-electron chi connectivity index (χ0n) is 6.83. The van der Waals surface area contributed by atoms with Crippen LogP contribution in [0.1, 0.15) is 0 Å². The van der Waals surface area contributed by atoms with E-state index in [4.69, 9.17) is 25.8 Å². The molecule has 0 saturated carbocycles. The number of hydrogen-bond acceptors (Lipinski definition) is 3. The molecule has 0 aromatic heterocycles. The van der Waals surface area contributed by atoms with Gasteiger partial charge in [0.15, 0.2) is 11.5 Å². The molecule has 0 amide bonds. The van der Waals surface area contributed by atoms with E-state index in [1.165, 1.54) is 0 Å². The summed E-state index contributed by atoms with van der Waals surface area (Å²) in [4.78, 5) is 0. The first-order valence-corrected chi connectivity index (χ1v) is 3.99. The van der Waals surface area contributed by atoms with Crippen LogP contribution in [0.4, 0.5) is 0 Å². The Kier molecular flexibility index (Phi) is 2.02. The van der Waals surface area contributed by atoms with E-state index in [1.54, 1.807) is 25.3 Å². The van der Waals surface area contributed by atoms with Gasteiger partial charge in [-0.05, 0) is 23.7 Å². The maximum atomic E-state index is 5.58. The standard InChI is InChI=1S/C9H6ClO3/c1-11-6-3-2-4-7-9(6)13-8(10)5-12-7/h2-4H,1H3. The van der Waals surface area contributed by atoms with Gasteiger partial charge < -0.3 is 14.2 Å². The lowest BCUT2D eigenvalue weighted by Crippen LogP contribution is -2.02. The summed E-state index contributed by atoms with van der Waals surface area (Å²) in [5, 5.41) is 0.0667. The van der Waals surface area contributed by atoms with Crippen molar-refractivity contribution in [2.45, 2.75) is 0 Å². The molecule has 0 atom stereocenters. The molecule has 0 N–H and O–H groups in total. The zero-order chi connectivity index (χ0) is 9.26. The highest BCUT2D eigenvalue weighted by Gasteiger charge is 2.17. The Morgan fingerprint density at radius 3 is 3.08 bits per heavy atom. The molecule has 0 bridgehead atoms. The van der Waals surface area contributed by atoms with E-state index in [-0.39, 0.29) is 5.22 Å². The molecule has 1 aromatic rings. The third-order valence-corrected chi connectivity index (χ3v) is 1.75. The zero-order valence-corrected chi connectivity index (χ0v) is 7.59. The van der Waals surface area contributed by atoms with Crippen molar-refractivity contribution >= 4 is 11.6 Å². The lowest BCUT2D eigenvalue weighted by molar-refractivity contribution is 0.308. The predicted octanol–water partition coefficient (Wildman–Crippen LogP) is 2.31. The van der Waals surface area contributed by atoms with Crippen LogP contribution >= 0.6 is 11.6 Å². The topological polar surface area (TPSA) is 27.7 Å². The van der Waals surface area contributed by atoms with Crippen LogP contribution in [-0.2, 0) is 0 Å². The summed E-state index contributed by atoms with van der Waals surface area (Å²) in [7, 11) is 1.55. The maximum Gasteiger partial charge on any atom is 0.241 e. The summed E-state index contributed by atoms with van der Waals surface area (Å²) < 4.78 is 15.3. The second-order valence-electron chi connectivity index (χ2n) is 2.37. The first kappa shape index (κ1) is 8.26.